The molecule has 0 aliphatic heterocycles. The van der Waals surface area contributed by atoms with Crippen molar-refractivity contribution in [3.63, 3.8) is 0 Å². The van der Waals surface area contributed by atoms with E-state index in [4.69, 9.17) is 5.73 Å². The van der Waals surface area contributed by atoms with Crippen molar-refractivity contribution in [3.8, 4) is 11.3 Å². The van der Waals surface area contributed by atoms with Gasteiger partial charge in [-0.1, -0.05) is 22.9 Å². The van der Waals surface area contributed by atoms with Crippen LogP contribution >= 0.6 is 15.9 Å². The Kier molecular flexibility index (Phi) is 3.91. The van der Waals surface area contributed by atoms with Gasteiger partial charge in [-0.05, 0) is 24.6 Å². The van der Waals surface area contributed by atoms with Crippen LogP contribution in [0.5, 0.6) is 0 Å². The van der Waals surface area contributed by atoms with E-state index in [1.54, 1.807) is 18.2 Å². The van der Waals surface area contributed by atoms with Crippen molar-refractivity contribution in [3.05, 3.63) is 40.4 Å². The average Bonchev–Trinajstić information content (AvgIpc) is 2.32. The van der Waals surface area contributed by atoms with E-state index >= 15 is 0 Å². The molecule has 2 aromatic rings. The molecule has 2 N–H and O–H groups in total. The highest BCUT2D eigenvalue weighted by Gasteiger charge is 2.10. The maximum Gasteiger partial charge on any atom is 0.132 e. The second kappa shape index (κ2) is 5.44. The topological polar surface area (TPSA) is 51.8 Å². The molecule has 5 heteroatoms. The molecule has 0 spiro atoms. The molecule has 0 aliphatic rings. The van der Waals surface area contributed by atoms with Crippen molar-refractivity contribution in [2.45, 2.75) is 19.8 Å². The van der Waals surface area contributed by atoms with Gasteiger partial charge in [0, 0.05) is 22.5 Å². The molecule has 0 saturated carbocycles. The number of nitrogen functional groups attached to an aromatic ring is 1. The molecule has 0 amide bonds. The molecule has 0 fully saturated rings. The quantitative estimate of drug-likeness (QED) is 0.942. The Bertz CT molecular complexity index is 572. The number of hydrogen-bond acceptors (Lipinski definition) is 3. The third-order valence-electron chi connectivity index (χ3n) is 2.47. The summed E-state index contributed by atoms with van der Waals surface area (Å²) in [6.45, 7) is 2.03. The Hall–Kier alpha value is -1.49. The Morgan fingerprint density at radius 3 is 2.78 bits per heavy atom. The number of nitrogens with zero attached hydrogens (tertiary/aromatic N) is 2. The van der Waals surface area contributed by atoms with E-state index in [0.29, 0.717) is 22.9 Å². The van der Waals surface area contributed by atoms with Gasteiger partial charge in [0.05, 0.1) is 5.69 Å². The smallest absolute Gasteiger partial charge is 0.132 e. The van der Waals surface area contributed by atoms with Crippen LogP contribution in [0.4, 0.5) is 10.2 Å². The lowest BCUT2D eigenvalue weighted by Gasteiger charge is -2.07. The van der Waals surface area contributed by atoms with Crippen LogP contribution in [0.3, 0.4) is 0 Å². The summed E-state index contributed by atoms with van der Waals surface area (Å²) in [5, 5.41) is 0. The largest absolute Gasteiger partial charge is 0.384 e. The van der Waals surface area contributed by atoms with Gasteiger partial charge in [0.25, 0.3) is 0 Å². The first-order valence-corrected chi connectivity index (χ1v) is 6.48. The lowest BCUT2D eigenvalue weighted by molar-refractivity contribution is 0.630. The van der Waals surface area contributed by atoms with E-state index < -0.39 is 0 Å². The molecule has 1 aromatic heterocycles. The van der Waals surface area contributed by atoms with Crippen molar-refractivity contribution in [2.75, 3.05) is 5.73 Å². The fourth-order valence-electron chi connectivity index (χ4n) is 1.68. The summed E-state index contributed by atoms with van der Waals surface area (Å²) >= 11 is 3.32. The zero-order valence-corrected chi connectivity index (χ0v) is 11.5. The van der Waals surface area contributed by atoms with Crippen LogP contribution in [0.1, 0.15) is 19.2 Å². The second-order valence-corrected chi connectivity index (χ2v) is 4.88. The van der Waals surface area contributed by atoms with Gasteiger partial charge in [-0.15, -0.1) is 0 Å². The predicted octanol–water partition coefficient (Wildman–Crippen LogP) is 3.58. The summed E-state index contributed by atoms with van der Waals surface area (Å²) in [6, 6.07) is 6.32. The highest BCUT2D eigenvalue weighted by atomic mass is 79.9. The van der Waals surface area contributed by atoms with Gasteiger partial charge >= 0.3 is 0 Å². The maximum absolute atomic E-state index is 13.8. The van der Waals surface area contributed by atoms with E-state index in [9.17, 15) is 4.39 Å². The van der Waals surface area contributed by atoms with Gasteiger partial charge in [0.15, 0.2) is 0 Å². The first-order valence-electron chi connectivity index (χ1n) is 5.69. The first-order chi connectivity index (χ1) is 8.60. The van der Waals surface area contributed by atoms with Crippen LogP contribution in [-0.2, 0) is 6.42 Å². The molecule has 18 heavy (non-hydrogen) atoms. The van der Waals surface area contributed by atoms with Gasteiger partial charge in [-0.2, -0.15) is 0 Å². The highest BCUT2D eigenvalue weighted by molar-refractivity contribution is 9.10. The molecule has 1 heterocycles. The summed E-state index contributed by atoms with van der Waals surface area (Å²) in [5.74, 6) is 0.688. The van der Waals surface area contributed by atoms with Crippen molar-refractivity contribution in [1.29, 1.82) is 0 Å². The minimum Gasteiger partial charge on any atom is -0.384 e. The van der Waals surface area contributed by atoms with Crippen molar-refractivity contribution < 1.29 is 4.39 Å². The molecular formula is C13H13BrFN3. The molecule has 0 saturated heterocycles. The summed E-state index contributed by atoms with van der Waals surface area (Å²) in [7, 11) is 0. The second-order valence-electron chi connectivity index (χ2n) is 3.97. The van der Waals surface area contributed by atoms with Crippen LogP contribution in [0.25, 0.3) is 11.3 Å². The number of hydrogen-bond donors (Lipinski definition) is 1. The third kappa shape index (κ3) is 2.85. The normalized spacial score (nSPS) is 10.6. The van der Waals surface area contributed by atoms with Gasteiger partial charge in [-0.3, -0.25) is 0 Å². The van der Waals surface area contributed by atoms with Gasteiger partial charge in [0.1, 0.15) is 17.5 Å². The minimum atomic E-state index is -0.321. The Labute approximate surface area is 113 Å². The average molecular weight is 310 g/mol. The molecule has 0 radical (unpaired) electrons. The van der Waals surface area contributed by atoms with Gasteiger partial charge in [0.2, 0.25) is 0 Å². The minimum absolute atomic E-state index is 0.321. The van der Waals surface area contributed by atoms with Crippen LogP contribution in [0, 0.1) is 5.82 Å². The molecule has 3 nitrogen and oxygen atoms in total. The maximum atomic E-state index is 13.8. The standard InChI is InChI=1S/C13H13BrFN3/c1-2-3-13-17-11(7-12(16)18-13)9-6-8(14)4-5-10(9)15/h4-7H,2-3H2,1H3,(H2,16,17,18). The summed E-state index contributed by atoms with van der Waals surface area (Å²) in [5.41, 5.74) is 6.67. The first kappa shape index (κ1) is 13.0. The van der Waals surface area contributed by atoms with E-state index in [1.165, 1.54) is 6.07 Å². The molecule has 0 bridgehead atoms. The zero-order chi connectivity index (χ0) is 13.1. The van der Waals surface area contributed by atoms with E-state index in [0.717, 1.165) is 17.3 Å². The van der Waals surface area contributed by atoms with Gasteiger partial charge in [-0.25, -0.2) is 14.4 Å². The Morgan fingerprint density at radius 2 is 2.06 bits per heavy atom. The number of anilines is 1. The fraction of sp³-hybridized carbons (Fsp3) is 0.231. The lowest BCUT2D eigenvalue weighted by atomic mass is 10.1. The third-order valence-corrected chi connectivity index (χ3v) is 2.96. The van der Waals surface area contributed by atoms with Crippen LogP contribution in [-0.4, -0.2) is 9.97 Å². The van der Waals surface area contributed by atoms with Crippen molar-refractivity contribution >= 4 is 21.7 Å². The molecule has 94 valence electrons. The fourth-order valence-corrected chi connectivity index (χ4v) is 2.05. The molecule has 0 unspecified atom stereocenters. The molecule has 0 aliphatic carbocycles. The number of nitrogens with two attached hydrogens (primary N) is 1. The number of aromatic nitrogens is 2. The highest BCUT2D eigenvalue weighted by Crippen LogP contribution is 2.25. The Morgan fingerprint density at radius 1 is 1.28 bits per heavy atom. The number of rotatable bonds is 3. The van der Waals surface area contributed by atoms with E-state index in [-0.39, 0.29) is 5.82 Å². The van der Waals surface area contributed by atoms with E-state index in [2.05, 4.69) is 25.9 Å². The van der Waals surface area contributed by atoms with Crippen molar-refractivity contribution in [1.82, 2.24) is 9.97 Å². The lowest BCUT2D eigenvalue weighted by Crippen LogP contribution is -2.01. The van der Waals surface area contributed by atoms with Gasteiger partial charge < -0.3 is 5.73 Å². The number of aryl methyl sites for hydroxylation is 1. The van der Waals surface area contributed by atoms with Crippen LogP contribution < -0.4 is 5.73 Å². The summed E-state index contributed by atoms with van der Waals surface area (Å²) < 4.78 is 14.6. The van der Waals surface area contributed by atoms with E-state index in [1.807, 2.05) is 6.92 Å². The molecule has 0 atom stereocenters. The number of benzene rings is 1. The number of halogens is 2. The zero-order valence-electron chi connectivity index (χ0n) is 9.95. The summed E-state index contributed by atoms with van der Waals surface area (Å²) in [4.78, 5) is 8.48. The summed E-state index contributed by atoms with van der Waals surface area (Å²) in [6.07, 6.45) is 1.65. The molecule has 1 aromatic carbocycles. The van der Waals surface area contributed by atoms with Crippen LogP contribution in [0.15, 0.2) is 28.7 Å². The Balaban J connectivity index is 2.52. The molecular weight excluding hydrogens is 297 g/mol. The van der Waals surface area contributed by atoms with Crippen molar-refractivity contribution in [2.24, 2.45) is 0 Å². The SMILES string of the molecule is CCCc1nc(N)cc(-c2cc(Br)ccc2F)n1. The monoisotopic (exact) mass is 309 g/mol. The molecule has 2 rings (SSSR count). The van der Waals surface area contributed by atoms with Crippen LogP contribution in [0.2, 0.25) is 0 Å². The predicted molar refractivity (Wildman–Crippen MR) is 73.5 cm³/mol.